The van der Waals surface area contributed by atoms with Gasteiger partial charge in [0.05, 0.1) is 17.0 Å². The van der Waals surface area contributed by atoms with Crippen LogP contribution in [-0.4, -0.2) is 34.0 Å². The number of piperidine rings is 1. The van der Waals surface area contributed by atoms with Gasteiger partial charge in [-0.05, 0) is 42.7 Å². The van der Waals surface area contributed by atoms with Gasteiger partial charge in [0.15, 0.2) is 0 Å². The van der Waals surface area contributed by atoms with Crippen LogP contribution in [0.5, 0.6) is 5.75 Å². The first-order valence-electron chi connectivity index (χ1n) is 10.6. The highest BCUT2D eigenvalue weighted by Gasteiger charge is 2.50. The van der Waals surface area contributed by atoms with E-state index in [1.807, 2.05) is 12.1 Å². The Bertz CT molecular complexity index is 1060. The number of anilines is 1. The van der Waals surface area contributed by atoms with Gasteiger partial charge in [-0.1, -0.05) is 30.3 Å². The smallest absolute Gasteiger partial charge is 0.226 e. The normalized spacial score (nSPS) is 18.1. The average Bonchev–Trinajstić information content (AvgIpc) is 3.52. The number of rotatable bonds is 5. The van der Waals surface area contributed by atoms with E-state index < -0.39 is 0 Å². The summed E-state index contributed by atoms with van der Waals surface area (Å²) in [7, 11) is 2.09. The van der Waals surface area contributed by atoms with Crippen molar-refractivity contribution in [1.82, 2.24) is 14.8 Å². The van der Waals surface area contributed by atoms with Crippen LogP contribution in [0.3, 0.4) is 0 Å². The zero-order valence-corrected chi connectivity index (χ0v) is 17.2. The van der Waals surface area contributed by atoms with Gasteiger partial charge in [-0.25, -0.2) is 0 Å². The van der Waals surface area contributed by atoms with Crippen molar-refractivity contribution in [2.45, 2.75) is 37.2 Å². The van der Waals surface area contributed by atoms with Gasteiger partial charge in [0.25, 0.3) is 0 Å². The largest absolute Gasteiger partial charge is 0.490 e. The Balaban J connectivity index is 1.25. The van der Waals surface area contributed by atoms with Crippen LogP contribution in [-0.2, 0) is 12.5 Å². The monoisotopic (exact) mass is 399 g/mol. The summed E-state index contributed by atoms with van der Waals surface area (Å²) in [5, 5.41) is 18.1. The second-order valence-electron chi connectivity index (χ2n) is 8.27. The molecular formula is C24H25N5O. The number of nitriles is 1. The molecule has 3 aromatic rings. The lowest BCUT2D eigenvalue weighted by Gasteiger charge is -2.32. The van der Waals surface area contributed by atoms with Crippen molar-refractivity contribution < 1.29 is 4.74 Å². The summed E-state index contributed by atoms with van der Waals surface area (Å²) in [6.45, 7) is 1.79. The van der Waals surface area contributed by atoms with E-state index in [1.54, 1.807) is 12.1 Å². The summed E-state index contributed by atoms with van der Waals surface area (Å²) >= 11 is 0. The fraction of sp³-hybridized carbons (Fsp3) is 0.375. The first-order valence-corrected chi connectivity index (χ1v) is 10.6. The number of aromatic nitrogens is 3. The molecule has 2 aromatic carbocycles. The first-order chi connectivity index (χ1) is 14.7. The Morgan fingerprint density at radius 2 is 1.70 bits per heavy atom. The molecule has 0 amide bonds. The first kappa shape index (κ1) is 18.7. The maximum absolute atomic E-state index is 8.92. The van der Waals surface area contributed by atoms with E-state index >= 15 is 0 Å². The molecule has 0 spiro atoms. The molecule has 1 saturated carbocycles. The highest BCUT2D eigenvalue weighted by molar-refractivity contribution is 5.43. The van der Waals surface area contributed by atoms with Gasteiger partial charge >= 0.3 is 0 Å². The predicted molar refractivity (Wildman–Crippen MR) is 114 cm³/mol. The van der Waals surface area contributed by atoms with E-state index in [4.69, 9.17) is 10.00 Å². The third-order valence-corrected chi connectivity index (χ3v) is 6.37. The number of ether oxygens (including phenoxy) is 1. The van der Waals surface area contributed by atoms with E-state index in [2.05, 4.69) is 63.1 Å². The van der Waals surface area contributed by atoms with Crippen LogP contribution in [0.25, 0.3) is 0 Å². The van der Waals surface area contributed by atoms with Crippen LogP contribution in [0.1, 0.15) is 42.6 Å². The number of nitrogens with zero attached hydrogens (tertiary/aromatic N) is 5. The van der Waals surface area contributed by atoms with Crippen molar-refractivity contribution >= 4 is 5.95 Å². The molecule has 6 heteroatoms. The van der Waals surface area contributed by atoms with E-state index in [1.165, 1.54) is 5.56 Å². The lowest BCUT2D eigenvalue weighted by Crippen LogP contribution is -2.39. The topological polar surface area (TPSA) is 67.0 Å². The highest BCUT2D eigenvalue weighted by Crippen LogP contribution is 2.52. The molecule has 2 fully saturated rings. The van der Waals surface area contributed by atoms with Gasteiger partial charge in [-0.2, -0.15) is 5.26 Å². The molecule has 152 valence electrons. The summed E-state index contributed by atoms with van der Waals surface area (Å²) in [4.78, 5) is 2.32. The van der Waals surface area contributed by atoms with Crippen molar-refractivity contribution in [2.24, 2.45) is 7.05 Å². The standard InChI is InChI=1S/C24H25N5O/c1-28-22(24(13-14-24)19-5-3-2-4-6-19)26-27-23(28)29-15-11-21(12-16-29)30-20-9-7-18(17-25)8-10-20/h2-10,21H,11-16H2,1H3. The Hall–Kier alpha value is -3.33. The van der Waals surface area contributed by atoms with Crippen LogP contribution in [0.2, 0.25) is 0 Å². The minimum Gasteiger partial charge on any atom is -0.490 e. The van der Waals surface area contributed by atoms with E-state index in [9.17, 15) is 0 Å². The molecule has 1 aromatic heterocycles. The molecule has 2 aliphatic rings. The summed E-state index contributed by atoms with van der Waals surface area (Å²) < 4.78 is 8.30. The van der Waals surface area contributed by atoms with Crippen LogP contribution >= 0.6 is 0 Å². The summed E-state index contributed by atoms with van der Waals surface area (Å²) in [5.41, 5.74) is 2.01. The molecule has 1 aliphatic carbocycles. The van der Waals surface area contributed by atoms with Gasteiger partial charge in [0.2, 0.25) is 5.95 Å². The van der Waals surface area contributed by atoms with Gasteiger partial charge in [0, 0.05) is 33.0 Å². The molecule has 0 radical (unpaired) electrons. The van der Waals surface area contributed by atoms with Crippen LogP contribution in [0.15, 0.2) is 54.6 Å². The Morgan fingerprint density at radius 1 is 1.00 bits per heavy atom. The van der Waals surface area contributed by atoms with Crippen molar-refractivity contribution in [2.75, 3.05) is 18.0 Å². The maximum Gasteiger partial charge on any atom is 0.226 e. The Kier molecular flexibility index (Phi) is 4.66. The van der Waals surface area contributed by atoms with E-state index in [0.29, 0.717) is 5.56 Å². The molecule has 1 saturated heterocycles. The van der Waals surface area contributed by atoms with Crippen molar-refractivity contribution in [3.05, 3.63) is 71.5 Å². The Labute approximate surface area is 176 Å². The summed E-state index contributed by atoms with van der Waals surface area (Å²) in [5.74, 6) is 2.84. The van der Waals surface area contributed by atoms with Crippen LogP contribution in [0.4, 0.5) is 5.95 Å². The average molecular weight is 399 g/mol. The third kappa shape index (κ3) is 3.30. The molecule has 0 atom stereocenters. The lowest BCUT2D eigenvalue weighted by molar-refractivity contribution is 0.170. The number of benzene rings is 2. The van der Waals surface area contributed by atoms with Crippen molar-refractivity contribution in [1.29, 1.82) is 5.26 Å². The van der Waals surface area contributed by atoms with Crippen molar-refractivity contribution in [3.63, 3.8) is 0 Å². The van der Waals surface area contributed by atoms with Gasteiger partial charge < -0.3 is 9.64 Å². The predicted octanol–water partition coefficient (Wildman–Crippen LogP) is 3.81. The number of hydrogen-bond donors (Lipinski definition) is 0. The van der Waals surface area contributed by atoms with Gasteiger partial charge in [0.1, 0.15) is 17.7 Å². The third-order valence-electron chi connectivity index (χ3n) is 6.37. The minimum atomic E-state index is 0.0261. The number of hydrogen-bond acceptors (Lipinski definition) is 5. The highest BCUT2D eigenvalue weighted by atomic mass is 16.5. The molecule has 0 N–H and O–H groups in total. The molecule has 5 rings (SSSR count). The quantitative estimate of drug-likeness (QED) is 0.653. The van der Waals surface area contributed by atoms with Crippen LogP contribution in [0, 0.1) is 11.3 Å². The zero-order valence-electron chi connectivity index (χ0n) is 17.2. The van der Waals surface area contributed by atoms with E-state index in [-0.39, 0.29) is 11.5 Å². The fourth-order valence-corrected chi connectivity index (χ4v) is 4.51. The maximum atomic E-state index is 8.92. The summed E-state index contributed by atoms with van der Waals surface area (Å²) in [6.07, 6.45) is 4.31. The molecule has 0 unspecified atom stereocenters. The SMILES string of the molecule is Cn1c(N2CCC(Oc3ccc(C#N)cc3)CC2)nnc1C1(c2ccccc2)CC1. The fourth-order valence-electron chi connectivity index (χ4n) is 4.51. The van der Waals surface area contributed by atoms with E-state index in [0.717, 1.165) is 56.3 Å². The van der Waals surface area contributed by atoms with Crippen LogP contribution < -0.4 is 9.64 Å². The second-order valence-corrected chi connectivity index (χ2v) is 8.27. The molecule has 2 heterocycles. The second kappa shape index (κ2) is 7.49. The molecule has 30 heavy (non-hydrogen) atoms. The Morgan fingerprint density at radius 3 is 2.33 bits per heavy atom. The zero-order chi connectivity index (χ0) is 20.6. The molecular weight excluding hydrogens is 374 g/mol. The van der Waals surface area contributed by atoms with Crippen molar-refractivity contribution in [3.8, 4) is 11.8 Å². The summed E-state index contributed by atoms with van der Waals surface area (Å²) in [6, 6.07) is 20.1. The lowest BCUT2D eigenvalue weighted by atomic mass is 9.95. The minimum absolute atomic E-state index is 0.0261. The molecule has 0 bridgehead atoms. The molecule has 6 nitrogen and oxygen atoms in total. The van der Waals surface area contributed by atoms with Gasteiger partial charge in [-0.15, -0.1) is 10.2 Å². The van der Waals surface area contributed by atoms with Gasteiger partial charge in [-0.3, -0.25) is 4.57 Å². The molecule has 1 aliphatic heterocycles.